The van der Waals surface area contributed by atoms with Gasteiger partial charge in [0.25, 0.3) is 0 Å². The fourth-order valence-corrected chi connectivity index (χ4v) is 6.26. The molecule has 0 aliphatic heterocycles. The highest BCUT2D eigenvalue weighted by molar-refractivity contribution is 6.01. The average molecular weight is 634 g/mol. The van der Waals surface area contributed by atoms with Crippen LogP contribution in [0.5, 0.6) is 0 Å². The van der Waals surface area contributed by atoms with Gasteiger partial charge in [-0.25, -0.2) is 4.98 Å². The highest BCUT2D eigenvalue weighted by Crippen LogP contribution is 2.38. The molecule has 0 bridgehead atoms. The van der Waals surface area contributed by atoms with Crippen molar-refractivity contribution in [3.05, 3.63) is 189 Å². The minimum absolute atomic E-state index is 0.106. The lowest BCUT2D eigenvalue weighted by atomic mass is 9.92. The van der Waals surface area contributed by atoms with Gasteiger partial charge in [0.15, 0.2) is 0 Å². The molecule has 0 radical (unpaired) electrons. The zero-order valence-electron chi connectivity index (χ0n) is 31.5. The molecule has 0 saturated heterocycles. The van der Waals surface area contributed by atoms with E-state index in [9.17, 15) is 0 Å². The van der Waals surface area contributed by atoms with E-state index in [-0.39, 0.29) is 17.6 Å². The van der Waals surface area contributed by atoms with Gasteiger partial charge in [0, 0.05) is 39.2 Å². The molecule has 232 valence electrons. The molecule has 8 rings (SSSR count). The van der Waals surface area contributed by atoms with Crippen molar-refractivity contribution in [2.24, 2.45) is 0 Å². The van der Waals surface area contributed by atoms with Crippen LogP contribution in [-0.4, -0.2) is 19.6 Å². The van der Waals surface area contributed by atoms with Crippen molar-refractivity contribution in [1.29, 1.82) is 0 Å². The summed E-state index contributed by atoms with van der Waals surface area (Å²) in [6.45, 7) is 7.79. The number of hydrogen-bond donors (Lipinski definition) is 0. The quantitative estimate of drug-likeness (QED) is 0.156. The number of rotatable bonds is 8. The second-order valence-corrected chi connectivity index (χ2v) is 11.5. The van der Waals surface area contributed by atoms with Gasteiger partial charge in [0.2, 0.25) is 0 Å². The van der Waals surface area contributed by atoms with E-state index in [0.717, 1.165) is 55.6 Å². The monoisotopic (exact) mass is 633 g/mol. The molecular formula is C45H32N4. The van der Waals surface area contributed by atoms with Crippen LogP contribution in [0, 0.1) is 0 Å². The zero-order valence-corrected chi connectivity index (χ0v) is 26.5. The number of pyridine rings is 1. The van der Waals surface area contributed by atoms with E-state index in [4.69, 9.17) is 16.9 Å². The Morgan fingerprint density at radius 3 is 2.02 bits per heavy atom. The van der Waals surface area contributed by atoms with Crippen molar-refractivity contribution >= 4 is 22.0 Å². The van der Waals surface area contributed by atoms with E-state index < -0.39 is 18.1 Å². The lowest BCUT2D eigenvalue weighted by molar-refractivity contribution is 1.04. The molecule has 0 N–H and O–H groups in total. The lowest BCUT2D eigenvalue weighted by Crippen LogP contribution is -1.97. The summed E-state index contributed by atoms with van der Waals surface area (Å²) in [5.41, 5.74) is 9.53. The molecule has 4 heteroatoms. The molecule has 8 aromatic rings. The SMILES string of the molecule is [2H]c1c([2H])c([2H])c(-c2cc(-c3ccc(-c4nc5ccccn5c4-c4ccccc4)cc3)cc(-c3nnc(/C(C=C)=C/C=C)c4ccccc34)c2)c([2H])c1[2H]. The van der Waals surface area contributed by atoms with Gasteiger partial charge in [-0.2, -0.15) is 0 Å². The normalized spacial score (nSPS) is 13.0. The van der Waals surface area contributed by atoms with Crippen molar-refractivity contribution in [3.8, 4) is 56.0 Å². The van der Waals surface area contributed by atoms with Crippen molar-refractivity contribution in [3.63, 3.8) is 0 Å². The Kier molecular flexibility index (Phi) is 6.43. The third-order valence-electron chi connectivity index (χ3n) is 8.54. The topological polar surface area (TPSA) is 43.1 Å². The van der Waals surface area contributed by atoms with Gasteiger partial charge in [-0.1, -0.05) is 147 Å². The van der Waals surface area contributed by atoms with E-state index in [0.29, 0.717) is 22.5 Å². The Balaban J connectivity index is 1.33. The number of hydrogen-bond acceptors (Lipinski definition) is 3. The Labute approximate surface area is 292 Å². The molecule has 0 amide bonds. The lowest BCUT2D eigenvalue weighted by Gasteiger charge is -2.14. The summed E-state index contributed by atoms with van der Waals surface area (Å²) in [5.74, 6) is 0. The molecule has 3 heterocycles. The fraction of sp³-hybridized carbons (Fsp3) is 0. The van der Waals surface area contributed by atoms with E-state index >= 15 is 0 Å². The number of imidazole rings is 1. The summed E-state index contributed by atoms with van der Waals surface area (Å²) >= 11 is 0. The second-order valence-electron chi connectivity index (χ2n) is 11.5. The predicted molar refractivity (Wildman–Crippen MR) is 204 cm³/mol. The first-order valence-electron chi connectivity index (χ1n) is 18.4. The molecule has 0 aliphatic carbocycles. The van der Waals surface area contributed by atoms with Crippen LogP contribution in [-0.2, 0) is 0 Å². The molecule has 0 atom stereocenters. The smallest absolute Gasteiger partial charge is 0.137 e. The maximum atomic E-state index is 8.82. The predicted octanol–water partition coefficient (Wildman–Crippen LogP) is 11.4. The molecule has 0 unspecified atom stereocenters. The third kappa shape index (κ3) is 5.56. The summed E-state index contributed by atoms with van der Waals surface area (Å²) in [5, 5.41) is 11.1. The van der Waals surface area contributed by atoms with Crippen molar-refractivity contribution in [1.82, 2.24) is 19.6 Å². The van der Waals surface area contributed by atoms with E-state index in [1.54, 1.807) is 12.2 Å². The van der Waals surface area contributed by atoms with Crippen LogP contribution in [0.4, 0.5) is 0 Å². The van der Waals surface area contributed by atoms with Crippen molar-refractivity contribution in [2.75, 3.05) is 0 Å². The molecule has 0 saturated carbocycles. The van der Waals surface area contributed by atoms with E-state index in [2.05, 4.69) is 34.8 Å². The van der Waals surface area contributed by atoms with Crippen molar-refractivity contribution < 1.29 is 6.85 Å². The van der Waals surface area contributed by atoms with Crippen LogP contribution in [0.15, 0.2) is 183 Å². The molecule has 5 aromatic carbocycles. The summed E-state index contributed by atoms with van der Waals surface area (Å²) < 4.78 is 44.8. The van der Waals surface area contributed by atoms with Gasteiger partial charge >= 0.3 is 0 Å². The zero-order chi connectivity index (χ0) is 37.5. The van der Waals surface area contributed by atoms with Crippen LogP contribution >= 0.6 is 0 Å². The Hall–Kier alpha value is -6.65. The molecule has 0 fully saturated rings. The van der Waals surface area contributed by atoms with Crippen LogP contribution in [0.25, 0.3) is 78.0 Å². The third-order valence-corrected chi connectivity index (χ3v) is 8.54. The van der Waals surface area contributed by atoms with E-state index in [1.807, 2.05) is 115 Å². The van der Waals surface area contributed by atoms with Gasteiger partial charge in [0.1, 0.15) is 17.0 Å². The summed E-state index contributed by atoms with van der Waals surface area (Å²) in [7, 11) is 0. The minimum Gasteiger partial charge on any atom is -0.299 e. The van der Waals surface area contributed by atoms with Gasteiger partial charge in [-0.3, -0.25) is 4.40 Å². The first kappa shape index (κ1) is 24.5. The molecule has 3 aromatic heterocycles. The van der Waals surface area contributed by atoms with Crippen LogP contribution in [0.2, 0.25) is 0 Å². The molecule has 0 spiro atoms. The van der Waals surface area contributed by atoms with Crippen LogP contribution < -0.4 is 0 Å². The largest absolute Gasteiger partial charge is 0.299 e. The maximum absolute atomic E-state index is 8.82. The van der Waals surface area contributed by atoms with Gasteiger partial charge in [0.05, 0.1) is 18.2 Å². The maximum Gasteiger partial charge on any atom is 0.137 e. The minimum atomic E-state index is -0.444. The Bertz CT molecular complexity index is 2780. The molecule has 49 heavy (non-hydrogen) atoms. The standard InChI is InChI=1S/C45H32N4/c1-3-15-31(4-2)42-39-20-11-12-21-40(39)43(48-47-42)38-29-36(32-16-7-5-8-17-32)28-37(30-38)33-23-25-34(26-24-33)44-45(35-18-9-6-10-19-35)49-27-14-13-22-41(49)46-44/h3-30H,1-2H2/b31-15+/i5D,7D,8D,16D,17D. The van der Waals surface area contributed by atoms with Crippen LogP contribution in [0.3, 0.4) is 0 Å². The molecule has 4 nitrogen and oxygen atoms in total. The van der Waals surface area contributed by atoms with Gasteiger partial charge in [-0.15, -0.1) is 10.2 Å². The Morgan fingerprint density at radius 1 is 0.592 bits per heavy atom. The number of benzene rings is 5. The number of allylic oxidation sites excluding steroid dienone is 4. The number of fused-ring (bicyclic) bond motifs is 2. The first-order valence-corrected chi connectivity index (χ1v) is 15.9. The first-order chi connectivity index (χ1) is 26.3. The number of aromatic nitrogens is 4. The fourth-order valence-electron chi connectivity index (χ4n) is 6.26. The van der Waals surface area contributed by atoms with Gasteiger partial charge < -0.3 is 0 Å². The highest BCUT2D eigenvalue weighted by atomic mass is 15.1. The Morgan fingerprint density at radius 2 is 1.27 bits per heavy atom. The second kappa shape index (κ2) is 12.9. The van der Waals surface area contributed by atoms with E-state index in [1.165, 1.54) is 0 Å². The van der Waals surface area contributed by atoms with Crippen LogP contribution in [0.1, 0.15) is 12.5 Å². The molecule has 0 aliphatic rings. The van der Waals surface area contributed by atoms with Crippen molar-refractivity contribution in [2.45, 2.75) is 0 Å². The highest BCUT2D eigenvalue weighted by Gasteiger charge is 2.17. The summed E-state index contributed by atoms with van der Waals surface area (Å²) in [4.78, 5) is 5.02. The number of nitrogens with zero attached hydrogens (tertiary/aromatic N) is 4. The molecular weight excluding hydrogens is 597 g/mol. The van der Waals surface area contributed by atoms with Gasteiger partial charge in [-0.05, 0) is 52.6 Å². The average Bonchev–Trinajstić information content (AvgIpc) is 3.61. The summed E-state index contributed by atoms with van der Waals surface area (Å²) in [6, 6.07) is 35.9. The summed E-state index contributed by atoms with van der Waals surface area (Å²) in [6.07, 6.45) is 7.24.